The molecule has 4 nitrogen and oxygen atoms in total. The Morgan fingerprint density at radius 1 is 1.36 bits per heavy atom. The molecule has 25 heavy (non-hydrogen) atoms. The standard InChI is InChI=1S/C16H22F4N4.HI/c1-11-3-4-12(7-14(11)17)8-22-15(21-2)23-13-5-6-24(9-13)10-16(18,19)20;/h3-4,7,13H,5-6,8-10H2,1-2H3,(H2,21,22,23);1H. The van der Waals surface area contributed by atoms with Crippen molar-refractivity contribution in [3.05, 3.63) is 35.1 Å². The summed E-state index contributed by atoms with van der Waals surface area (Å²) < 4.78 is 50.7. The van der Waals surface area contributed by atoms with Gasteiger partial charge < -0.3 is 10.6 Å². The van der Waals surface area contributed by atoms with Crippen LogP contribution in [0, 0.1) is 12.7 Å². The van der Waals surface area contributed by atoms with Crippen LogP contribution in [-0.2, 0) is 6.54 Å². The molecule has 1 heterocycles. The Morgan fingerprint density at radius 3 is 2.68 bits per heavy atom. The van der Waals surface area contributed by atoms with Crippen molar-refractivity contribution in [3.63, 3.8) is 0 Å². The van der Waals surface area contributed by atoms with Gasteiger partial charge in [-0.3, -0.25) is 9.89 Å². The Balaban J connectivity index is 0.00000312. The summed E-state index contributed by atoms with van der Waals surface area (Å²) in [6, 6.07) is 4.89. The summed E-state index contributed by atoms with van der Waals surface area (Å²) in [4.78, 5) is 5.44. The molecule has 1 saturated heterocycles. The normalized spacial score (nSPS) is 18.8. The van der Waals surface area contributed by atoms with E-state index in [1.165, 1.54) is 11.0 Å². The van der Waals surface area contributed by atoms with Crippen LogP contribution in [0.1, 0.15) is 17.5 Å². The quantitative estimate of drug-likeness (QED) is 0.305. The minimum absolute atomic E-state index is 0. The van der Waals surface area contributed by atoms with E-state index in [0.717, 1.165) is 5.56 Å². The summed E-state index contributed by atoms with van der Waals surface area (Å²) in [5, 5.41) is 6.17. The van der Waals surface area contributed by atoms with Crippen molar-refractivity contribution in [1.29, 1.82) is 0 Å². The first-order valence-electron chi connectivity index (χ1n) is 7.78. The Hall–Kier alpha value is -1.10. The van der Waals surface area contributed by atoms with Crippen LogP contribution in [0.15, 0.2) is 23.2 Å². The molecule has 0 radical (unpaired) electrons. The van der Waals surface area contributed by atoms with Gasteiger partial charge in [-0.1, -0.05) is 12.1 Å². The first kappa shape index (κ1) is 21.9. The number of hydrogen-bond acceptors (Lipinski definition) is 2. The monoisotopic (exact) mass is 474 g/mol. The molecule has 0 aliphatic carbocycles. The number of alkyl halides is 3. The highest BCUT2D eigenvalue weighted by molar-refractivity contribution is 14.0. The van der Waals surface area contributed by atoms with Gasteiger partial charge in [0.05, 0.1) is 6.54 Å². The minimum Gasteiger partial charge on any atom is -0.352 e. The van der Waals surface area contributed by atoms with Crippen molar-refractivity contribution in [2.24, 2.45) is 4.99 Å². The maximum atomic E-state index is 13.5. The number of rotatable bonds is 4. The lowest BCUT2D eigenvalue weighted by Gasteiger charge is -2.20. The third kappa shape index (κ3) is 7.35. The number of benzene rings is 1. The minimum atomic E-state index is -4.18. The summed E-state index contributed by atoms with van der Waals surface area (Å²) in [6.07, 6.45) is -3.56. The molecule has 1 atom stereocenters. The number of nitrogens with zero attached hydrogens (tertiary/aromatic N) is 2. The number of aryl methyl sites for hydroxylation is 1. The molecular formula is C16H23F4IN4. The van der Waals surface area contributed by atoms with Crippen molar-refractivity contribution in [3.8, 4) is 0 Å². The maximum Gasteiger partial charge on any atom is 0.401 e. The van der Waals surface area contributed by atoms with Crippen LogP contribution in [0.3, 0.4) is 0 Å². The zero-order valence-corrected chi connectivity index (χ0v) is 16.5. The molecule has 0 bridgehead atoms. The lowest BCUT2D eigenvalue weighted by atomic mass is 10.1. The summed E-state index contributed by atoms with van der Waals surface area (Å²) >= 11 is 0. The number of likely N-dealkylation sites (tertiary alicyclic amines) is 1. The third-order valence-electron chi connectivity index (χ3n) is 3.94. The predicted octanol–water partition coefficient (Wildman–Crippen LogP) is 3.05. The van der Waals surface area contributed by atoms with Crippen molar-refractivity contribution in [2.75, 3.05) is 26.7 Å². The highest BCUT2D eigenvalue weighted by Gasteiger charge is 2.34. The van der Waals surface area contributed by atoms with Gasteiger partial charge in [0, 0.05) is 32.7 Å². The van der Waals surface area contributed by atoms with Crippen molar-refractivity contribution in [1.82, 2.24) is 15.5 Å². The number of halogens is 5. The summed E-state index contributed by atoms with van der Waals surface area (Å²) in [5.41, 5.74) is 1.35. The van der Waals surface area contributed by atoms with E-state index < -0.39 is 12.7 Å². The molecule has 1 unspecified atom stereocenters. The van der Waals surface area contributed by atoms with E-state index in [2.05, 4.69) is 15.6 Å². The van der Waals surface area contributed by atoms with Gasteiger partial charge in [0.25, 0.3) is 0 Å². The Morgan fingerprint density at radius 2 is 2.08 bits per heavy atom. The fourth-order valence-corrected chi connectivity index (χ4v) is 2.67. The first-order valence-corrected chi connectivity index (χ1v) is 7.78. The van der Waals surface area contributed by atoms with Gasteiger partial charge in [-0.05, 0) is 30.5 Å². The van der Waals surface area contributed by atoms with Crippen molar-refractivity contribution >= 4 is 29.9 Å². The molecule has 2 N–H and O–H groups in total. The third-order valence-corrected chi connectivity index (χ3v) is 3.94. The largest absolute Gasteiger partial charge is 0.401 e. The fraction of sp³-hybridized carbons (Fsp3) is 0.562. The average Bonchev–Trinajstić information content (AvgIpc) is 2.91. The molecule has 0 amide bonds. The second-order valence-corrected chi connectivity index (χ2v) is 5.99. The van der Waals surface area contributed by atoms with Crippen molar-refractivity contribution in [2.45, 2.75) is 32.1 Å². The molecule has 142 valence electrons. The van der Waals surface area contributed by atoms with Gasteiger partial charge >= 0.3 is 6.18 Å². The van der Waals surface area contributed by atoms with Gasteiger partial charge in [0.2, 0.25) is 0 Å². The van der Waals surface area contributed by atoms with Crippen LogP contribution in [-0.4, -0.2) is 49.8 Å². The van der Waals surface area contributed by atoms with Gasteiger partial charge in [0.1, 0.15) is 5.82 Å². The van der Waals surface area contributed by atoms with E-state index in [1.54, 1.807) is 20.0 Å². The van der Waals surface area contributed by atoms with E-state index in [4.69, 9.17) is 0 Å². The molecule has 0 spiro atoms. The van der Waals surface area contributed by atoms with Crippen LogP contribution < -0.4 is 10.6 Å². The summed E-state index contributed by atoms with van der Waals surface area (Å²) in [6.45, 7) is 1.91. The highest BCUT2D eigenvalue weighted by atomic mass is 127. The summed E-state index contributed by atoms with van der Waals surface area (Å²) in [7, 11) is 1.59. The predicted molar refractivity (Wildman–Crippen MR) is 101 cm³/mol. The molecule has 0 saturated carbocycles. The lowest BCUT2D eigenvalue weighted by Crippen LogP contribution is -2.44. The van der Waals surface area contributed by atoms with Crippen molar-refractivity contribution < 1.29 is 17.6 Å². The molecule has 1 aromatic rings. The smallest absolute Gasteiger partial charge is 0.352 e. The molecular weight excluding hydrogens is 451 g/mol. The number of hydrogen-bond donors (Lipinski definition) is 2. The second kappa shape index (κ2) is 9.56. The SMILES string of the molecule is CN=C(NCc1ccc(C)c(F)c1)NC1CCN(CC(F)(F)F)C1.I. The molecule has 1 aliphatic rings. The Labute approximate surface area is 162 Å². The second-order valence-electron chi connectivity index (χ2n) is 5.99. The molecule has 1 aromatic carbocycles. The number of aliphatic imine (C=N–C) groups is 1. The van der Waals surface area contributed by atoms with Crippen LogP contribution >= 0.6 is 24.0 Å². The fourth-order valence-electron chi connectivity index (χ4n) is 2.67. The van der Waals surface area contributed by atoms with E-state index in [1.807, 2.05) is 6.07 Å². The Kier molecular flexibility index (Phi) is 8.39. The van der Waals surface area contributed by atoms with Crippen LogP contribution in [0.4, 0.5) is 17.6 Å². The van der Waals surface area contributed by atoms with Gasteiger partial charge in [-0.2, -0.15) is 13.2 Å². The molecule has 9 heteroatoms. The van der Waals surface area contributed by atoms with Gasteiger partial charge in [-0.25, -0.2) is 4.39 Å². The zero-order valence-electron chi connectivity index (χ0n) is 14.2. The lowest BCUT2D eigenvalue weighted by molar-refractivity contribution is -0.143. The topological polar surface area (TPSA) is 39.7 Å². The van der Waals surface area contributed by atoms with Gasteiger partial charge in [0.15, 0.2) is 5.96 Å². The molecule has 2 rings (SSSR count). The Bertz CT molecular complexity index is 592. The molecule has 0 aromatic heterocycles. The molecule has 1 aliphatic heterocycles. The van der Waals surface area contributed by atoms with E-state index in [-0.39, 0.29) is 35.8 Å². The van der Waals surface area contributed by atoms with E-state index >= 15 is 0 Å². The van der Waals surface area contributed by atoms with Crippen LogP contribution in [0.2, 0.25) is 0 Å². The maximum absolute atomic E-state index is 13.5. The van der Waals surface area contributed by atoms with E-state index in [9.17, 15) is 17.6 Å². The van der Waals surface area contributed by atoms with E-state index in [0.29, 0.717) is 37.6 Å². The van der Waals surface area contributed by atoms with Crippen LogP contribution in [0.25, 0.3) is 0 Å². The van der Waals surface area contributed by atoms with Crippen LogP contribution in [0.5, 0.6) is 0 Å². The number of nitrogens with one attached hydrogen (secondary N) is 2. The highest BCUT2D eigenvalue weighted by Crippen LogP contribution is 2.19. The van der Waals surface area contributed by atoms with Gasteiger partial charge in [-0.15, -0.1) is 24.0 Å². The average molecular weight is 474 g/mol. The molecule has 1 fully saturated rings. The summed E-state index contributed by atoms with van der Waals surface area (Å²) in [5.74, 6) is 0.227. The number of guanidine groups is 1. The first-order chi connectivity index (χ1) is 11.3. The zero-order chi connectivity index (χ0) is 17.7.